The number of para-hydroxylation sites is 1. The van der Waals surface area contributed by atoms with Gasteiger partial charge in [0.2, 0.25) is 0 Å². The van der Waals surface area contributed by atoms with Gasteiger partial charge in [0.15, 0.2) is 0 Å². The number of carbonyl (C=O) groups is 1. The van der Waals surface area contributed by atoms with Crippen molar-refractivity contribution in [3.8, 4) is 5.75 Å². The largest absolute Gasteiger partial charge is 0.508 e. The number of aromatic hydroxyl groups is 1. The van der Waals surface area contributed by atoms with Gasteiger partial charge in [0, 0.05) is 5.56 Å². The number of aliphatic hydroxyl groups is 1. The van der Waals surface area contributed by atoms with E-state index in [1.807, 2.05) is 0 Å². The zero-order chi connectivity index (χ0) is 10.6. The molecule has 0 aliphatic heterocycles. The monoisotopic (exact) mass is 196 g/mol. The van der Waals surface area contributed by atoms with Gasteiger partial charge in [-0.15, -0.1) is 0 Å². The van der Waals surface area contributed by atoms with Crippen LogP contribution in [0, 0.1) is 0 Å². The fourth-order valence-electron chi connectivity index (χ4n) is 1.12. The number of rotatable bonds is 3. The summed E-state index contributed by atoms with van der Waals surface area (Å²) in [6, 6.07) is 6.33. The van der Waals surface area contributed by atoms with Crippen molar-refractivity contribution in [3.63, 3.8) is 0 Å². The summed E-state index contributed by atoms with van der Waals surface area (Å²) >= 11 is 0. The van der Waals surface area contributed by atoms with Crippen LogP contribution in [-0.2, 0) is 9.53 Å². The zero-order valence-corrected chi connectivity index (χ0v) is 7.80. The molecule has 2 N–H and O–H groups in total. The molecule has 0 saturated heterocycles. The minimum Gasteiger partial charge on any atom is -0.508 e. The number of ether oxygens (including phenoxy) is 1. The van der Waals surface area contributed by atoms with Gasteiger partial charge in [-0.1, -0.05) is 18.2 Å². The maximum Gasteiger partial charge on any atom is 0.308 e. The second kappa shape index (κ2) is 4.62. The number of phenolic OH excluding ortho intramolecular Hbond substituents is 1. The Labute approximate surface area is 81.8 Å². The predicted molar refractivity (Wildman–Crippen MR) is 49.7 cm³/mol. The molecule has 14 heavy (non-hydrogen) atoms. The summed E-state index contributed by atoms with van der Waals surface area (Å²) in [5, 5.41) is 18.9. The highest BCUT2D eigenvalue weighted by Gasteiger charge is 2.15. The molecule has 4 heteroatoms. The topological polar surface area (TPSA) is 66.8 Å². The fraction of sp³-hybridized carbons (Fsp3) is 0.300. The van der Waals surface area contributed by atoms with E-state index in [-0.39, 0.29) is 12.2 Å². The van der Waals surface area contributed by atoms with E-state index in [1.165, 1.54) is 13.2 Å². The molecule has 0 saturated carbocycles. The van der Waals surface area contributed by atoms with E-state index in [1.54, 1.807) is 18.2 Å². The first-order valence-corrected chi connectivity index (χ1v) is 4.18. The second-order valence-electron chi connectivity index (χ2n) is 2.85. The molecule has 0 heterocycles. The van der Waals surface area contributed by atoms with Gasteiger partial charge in [-0.3, -0.25) is 4.79 Å². The molecule has 0 aliphatic carbocycles. The van der Waals surface area contributed by atoms with E-state index in [2.05, 4.69) is 4.74 Å². The van der Waals surface area contributed by atoms with E-state index in [9.17, 15) is 15.0 Å². The lowest BCUT2D eigenvalue weighted by molar-refractivity contribution is -0.142. The second-order valence-corrected chi connectivity index (χ2v) is 2.85. The SMILES string of the molecule is COC(=O)C[C@H](O)c1ccccc1O. The molecule has 1 aromatic rings. The Morgan fingerprint density at radius 3 is 2.71 bits per heavy atom. The summed E-state index contributed by atoms with van der Waals surface area (Å²) in [5.74, 6) is -0.537. The molecule has 1 aromatic carbocycles. The smallest absolute Gasteiger partial charge is 0.308 e. The Morgan fingerprint density at radius 2 is 2.14 bits per heavy atom. The predicted octanol–water partition coefficient (Wildman–Crippen LogP) is 0.989. The molecule has 0 bridgehead atoms. The van der Waals surface area contributed by atoms with Crippen molar-refractivity contribution in [2.24, 2.45) is 0 Å². The standard InChI is InChI=1S/C10H12O4/c1-14-10(13)6-9(12)7-4-2-3-5-8(7)11/h2-5,9,11-12H,6H2,1H3/t9-/m0/s1. The van der Waals surface area contributed by atoms with Crippen molar-refractivity contribution < 1.29 is 19.7 Å². The summed E-state index contributed by atoms with van der Waals surface area (Å²) < 4.78 is 4.40. The maximum absolute atomic E-state index is 10.8. The van der Waals surface area contributed by atoms with E-state index in [0.29, 0.717) is 5.56 Å². The van der Waals surface area contributed by atoms with Gasteiger partial charge < -0.3 is 14.9 Å². The Balaban J connectivity index is 2.74. The number of phenols is 1. The minimum atomic E-state index is -1.02. The molecular formula is C10H12O4. The number of aliphatic hydroxyl groups excluding tert-OH is 1. The zero-order valence-electron chi connectivity index (χ0n) is 7.80. The summed E-state index contributed by atoms with van der Waals surface area (Å²) in [7, 11) is 1.25. The Hall–Kier alpha value is -1.55. The number of methoxy groups -OCH3 is 1. The highest BCUT2D eigenvalue weighted by Crippen LogP contribution is 2.25. The third kappa shape index (κ3) is 2.47. The molecule has 0 amide bonds. The number of hydrogen-bond donors (Lipinski definition) is 2. The molecule has 76 valence electrons. The van der Waals surface area contributed by atoms with E-state index in [0.717, 1.165) is 0 Å². The molecule has 0 radical (unpaired) electrons. The first-order valence-electron chi connectivity index (χ1n) is 4.18. The molecule has 0 spiro atoms. The molecule has 4 nitrogen and oxygen atoms in total. The van der Waals surface area contributed by atoms with Gasteiger partial charge in [-0.05, 0) is 6.07 Å². The van der Waals surface area contributed by atoms with Crippen LogP contribution in [0.15, 0.2) is 24.3 Å². The van der Waals surface area contributed by atoms with Gasteiger partial charge in [-0.25, -0.2) is 0 Å². The van der Waals surface area contributed by atoms with Crippen LogP contribution in [0.2, 0.25) is 0 Å². The highest BCUT2D eigenvalue weighted by molar-refractivity contribution is 5.70. The van der Waals surface area contributed by atoms with Crippen LogP contribution in [0.25, 0.3) is 0 Å². The van der Waals surface area contributed by atoms with Crippen molar-refractivity contribution in [3.05, 3.63) is 29.8 Å². The van der Waals surface area contributed by atoms with Gasteiger partial charge in [-0.2, -0.15) is 0 Å². The van der Waals surface area contributed by atoms with Crippen LogP contribution in [-0.4, -0.2) is 23.3 Å². The van der Waals surface area contributed by atoms with Crippen LogP contribution >= 0.6 is 0 Å². The number of esters is 1. The number of benzene rings is 1. The van der Waals surface area contributed by atoms with Crippen LogP contribution < -0.4 is 0 Å². The van der Waals surface area contributed by atoms with Crippen molar-refractivity contribution in [2.75, 3.05) is 7.11 Å². The molecule has 0 unspecified atom stereocenters. The summed E-state index contributed by atoms with van der Waals surface area (Å²) in [6.07, 6.45) is -1.18. The highest BCUT2D eigenvalue weighted by atomic mass is 16.5. The summed E-state index contributed by atoms with van der Waals surface area (Å²) in [5.41, 5.74) is 0.331. The normalized spacial score (nSPS) is 12.1. The average molecular weight is 196 g/mol. The first kappa shape index (κ1) is 10.5. The van der Waals surface area contributed by atoms with Crippen LogP contribution in [0.3, 0.4) is 0 Å². The molecule has 1 rings (SSSR count). The Morgan fingerprint density at radius 1 is 1.50 bits per heavy atom. The Bertz CT molecular complexity index is 322. The lowest BCUT2D eigenvalue weighted by Crippen LogP contribution is -2.08. The third-order valence-corrected chi connectivity index (χ3v) is 1.88. The maximum atomic E-state index is 10.8. The molecular weight excluding hydrogens is 184 g/mol. The van der Waals surface area contributed by atoms with Crippen molar-refractivity contribution in [1.29, 1.82) is 0 Å². The number of hydrogen-bond acceptors (Lipinski definition) is 4. The fourth-order valence-corrected chi connectivity index (χ4v) is 1.12. The lowest BCUT2D eigenvalue weighted by atomic mass is 10.1. The third-order valence-electron chi connectivity index (χ3n) is 1.88. The van der Waals surface area contributed by atoms with E-state index in [4.69, 9.17) is 0 Å². The average Bonchev–Trinajstić information content (AvgIpc) is 2.18. The lowest BCUT2D eigenvalue weighted by Gasteiger charge is -2.10. The van der Waals surface area contributed by atoms with Gasteiger partial charge >= 0.3 is 5.97 Å². The van der Waals surface area contributed by atoms with Crippen LogP contribution in [0.1, 0.15) is 18.1 Å². The molecule has 0 aromatic heterocycles. The van der Waals surface area contributed by atoms with Crippen LogP contribution in [0.5, 0.6) is 5.75 Å². The van der Waals surface area contributed by atoms with Crippen molar-refractivity contribution >= 4 is 5.97 Å². The molecule has 0 aliphatic rings. The first-order chi connectivity index (χ1) is 6.65. The van der Waals surface area contributed by atoms with E-state index < -0.39 is 12.1 Å². The summed E-state index contributed by atoms with van der Waals surface area (Å²) in [4.78, 5) is 10.8. The van der Waals surface area contributed by atoms with Gasteiger partial charge in [0.05, 0.1) is 19.6 Å². The Kier molecular flexibility index (Phi) is 3.48. The molecule has 0 fully saturated rings. The number of carbonyl (C=O) groups excluding carboxylic acids is 1. The quantitative estimate of drug-likeness (QED) is 0.707. The van der Waals surface area contributed by atoms with Gasteiger partial charge in [0.1, 0.15) is 5.75 Å². The summed E-state index contributed by atoms with van der Waals surface area (Å²) in [6.45, 7) is 0. The van der Waals surface area contributed by atoms with Crippen molar-refractivity contribution in [1.82, 2.24) is 0 Å². The van der Waals surface area contributed by atoms with E-state index >= 15 is 0 Å². The van der Waals surface area contributed by atoms with Gasteiger partial charge in [0.25, 0.3) is 0 Å². The minimum absolute atomic E-state index is 0.0242. The molecule has 1 atom stereocenters. The van der Waals surface area contributed by atoms with Crippen molar-refractivity contribution in [2.45, 2.75) is 12.5 Å². The van der Waals surface area contributed by atoms with Crippen LogP contribution in [0.4, 0.5) is 0 Å².